The number of esters is 1. The number of nitrogens with zero attached hydrogens (tertiary/aromatic N) is 2. The van der Waals surface area contributed by atoms with E-state index in [1.807, 2.05) is 53.9 Å². The van der Waals surface area contributed by atoms with Crippen LogP contribution in [0.2, 0.25) is 0 Å². The van der Waals surface area contributed by atoms with Gasteiger partial charge < -0.3 is 4.74 Å². The van der Waals surface area contributed by atoms with Crippen molar-refractivity contribution >= 4 is 40.4 Å². The van der Waals surface area contributed by atoms with Crippen LogP contribution in [0.25, 0.3) is 0 Å². The van der Waals surface area contributed by atoms with Crippen LogP contribution in [-0.4, -0.2) is 29.5 Å². The van der Waals surface area contributed by atoms with Crippen molar-refractivity contribution in [3.05, 3.63) is 88.6 Å². The number of hydrogen-bond acceptors (Lipinski definition) is 6. The van der Waals surface area contributed by atoms with Crippen molar-refractivity contribution in [3.8, 4) is 0 Å². The van der Waals surface area contributed by atoms with Crippen molar-refractivity contribution < 1.29 is 19.1 Å². The Kier molecular flexibility index (Phi) is 7.26. The molecule has 0 saturated carbocycles. The fraction of sp³-hybridized carbons (Fsp3) is 0.286. The van der Waals surface area contributed by atoms with Gasteiger partial charge in [-0.05, 0) is 56.3 Å². The number of ketones is 1. The van der Waals surface area contributed by atoms with Gasteiger partial charge in [0, 0.05) is 6.42 Å². The van der Waals surface area contributed by atoms with E-state index >= 15 is 0 Å². The lowest BCUT2D eigenvalue weighted by Gasteiger charge is -2.35. The molecule has 7 heteroatoms. The highest BCUT2D eigenvalue weighted by Gasteiger charge is 2.58. The Morgan fingerprint density at radius 1 is 1.00 bits per heavy atom. The van der Waals surface area contributed by atoms with Crippen LogP contribution in [0.5, 0.6) is 0 Å². The summed E-state index contributed by atoms with van der Waals surface area (Å²) in [5, 5.41) is 7.80. The third-order valence-corrected chi connectivity index (χ3v) is 7.12. The van der Waals surface area contributed by atoms with Gasteiger partial charge in [-0.25, -0.2) is 0 Å². The molecule has 1 aromatic heterocycles. The van der Waals surface area contributed by atoms with Gasteiger partial charge in [0.25, 0.3) is 5.91 Å². The lowest BCUT2D eigenvalue weighted by atomic mass is 9.66. The van der Waals surface area contributed by atoms with Gasteiger partial charge in [-0.15, -0.1) is 11.3 Å². The van der Waals surface area contributed by atoms with Gasteiger partial charge in [0.1, 0.15) is 5.41 Å². The van der Waals surface area contributed by atoms with Crippen LogP contribution < -0.4 is 5.01 Å². The van der Waals surface area contributed by atoms with E-state index in [1.54, 1.807) is 45.0 Å². The Labute approximate surface area is 209 Å². The molecule has 4 rings (SSSR count). The van der Waals surface area contributed by atoms with E-state index in [0.717, 1.165) is 5.56 Å². The molecular formula is C28H28N2O4S. The molecule has 0 aliphatic carbocycles. The molecule has 1 amide bonds. The van der Waals surface area contributed by atoms with Crippen LogP contribution in [0.1, 0.15) is 42.4 Å². The summed E-state index contributed by atoms with van der Waals surface area (Å²) < 4.78 is 5.63. The first-order valence-electron chi connectivity index (χ1n) is 11.6. The maximum Gasteiger partial charge on any atom is 0.311 e. The highest BCUT2D eigenvalue weighted by Crippen LogP contribution is 2.44. The molecule has 0 radical (unpaired) electrons. The second-order valence-corrected chi connectivity index (χ2v) is 9.86. The number of carbonyl (C=O) groups excluding carboxylic acids is 3. The molecule has 1 aliphatic heterocycles. The third-order valence-electron chi connectivity index (χ3n) is 6.21. The molecule has 35 heavy (non-hydrogen) atoms. The maximum atomic E-state index is 14.2. The molecule has 2 heterocycles. The van der Waals surface area contributed by atoms with Crippen LogP contribution >= 0.6 is 11.3 Å². The minimum Gasteiger partial charge on any atom is -0.463 e. The average Bonchev–Trinajstić information content (AvgIpc) is 3.47. The predicted molar refractivity (Wildman–Crippen MR) is 138 cm³/mol. The second-order valence-electron chi connectivity index (χ2n) is 8.91. The molecule has 3 aromatic rings. The Morgan fingerprint density at radius 3 is 2.26 bits per heavy atom. The molecule has 1 aliphatic rings. The maximum absolute atomic E-state index is 14.2. The molecule has 6 nitrogen and oxygen atoms in total. The second kappa shape index (κ2) is 10.4. The molecular weight excluding hydrogens is 460 g/mol. The lowest BCUT2D eigenvalue weighted by Crippen LogP contribution is -2.51. The van der Waals surface area contributed by atoms with E-state index in [1.165, 1.54) is 16.3 Å². The number of carbonyl (C=O) groups is 3. The quantitative estimate of drug-likeness (QED) is 0.293. The van der Waals surface area contributed by atoms with E-state index in [9.17, 15) is 14.4 Å². The zero-order valence-electron chi connectivity index (χ0n) is 20.0. The van der Waals surface area contributed by atoms with E-state index in [4.69, 9.17) is 4.74 Å². The molecule has 180 valence electrons. The summed E-state index contributed by atoms with van der Waals surface area (Å²) in [6.45, 7) is 5.27. The monoisotopic (exact) mass is 488 g/mol. The van der Waals surface area contributed by atoms with Crippen LogP contribution in [0.15, 0.2) is 83.3 Å². The summed E-state index contributed by atoms with van der Waals surface area (Å²) in [6, 6.07) is 22.2. The number of ether oxygens (including phenoxy) is 1. The van der Waals surface area contributed by atoms with Crippen LogP contribution in [0.3, 0.4) is 0 Å². The third kappa shape index (κ3) is 4.95. The Hall–Kier alpha value is -3.58. The number of rotatable bonds is 9. The van der Waals surface area contributed by atoms with E-state index in [-0.39, 0.29) is 24.5 Å². The summed E-state index contributed by atoms with van der Waals surface area (Å²) in [5.41, 5.74) is 0.597. The Balaban J connectivity index is 1.83. The van der Waals surface area contributed by atoms with Gasteiger partial charge >= 0.3 is 5.97 Å². The molecule has 0 unspecified atom stereocenters. The highest BCUT2D eigenvalue weighted by atomic mass is 32.1. The molecule has 0 spiro atoms. The van der Waals surface area contributed by atoms with Crippen LogP contribution in [0.4, 0.5) is 5.69 Å². The zero-order chi connectivity index (χ0) is 25.0. The predicted octanol–water partition coefficient (Wildman–Crippen LogP) is 5.54. The van der Waals surface area contributed by atoms with Crippen LogP contribution in [0, 0.1) is 11.3 Å². The number of thiophene rings is 1. The van der Waals surface area contributed by atoms with Crippen molar-refractivity contribution in [3.63, 3.8) is 0 Å². The van der Waals surface area contributed by atoms with Crippen molar-refractivity contribution in [2.24, 2.45) is 16.4 Å². The van der Waals surface area contributed by atoms with Gasteiger partial charge in [-0.1, -0.05) is 54.6 Å². The van der Waals surface area contributed by atoms with Crippen molar-refractivity contribution in [1.82, 2.24) is 0 Å². The largest absolute Gasteiger partial charge is 0.463 e. The van der Waals surface area contributed by atoms with Crippen molar-refractivity contribution in [2.75, 3.05) is 5.01 Å². The van der Waals surface area contributed by atoms with E-state index in [2.05, 4.69) is 5.10 Å². The minimum atomic E-state index is -1.36. The molecule has 2 atom stereocenters. The first kappa shape index (κ1) is 24.5. The van der Waals surface area contributed by atoms with Crippen molar-refractivity contribution in [1.29, 1.82) is 0 Å². The van der Waals surface area contributed by atoms with Gasteiger partial charge in [0.2, 0.25) is 0 Å². The van der Waals surface area contributed by atoms with Gasteiger partial charge in [-0.2, -0.15) is 10.1 Å². The van der Waals surface area contributed by atoms with Gasteiger partial charge in [-0.3, -0.25) is 14.4 Å². The van der Waals surface area contributed by atoms with Gasteiger partial charge in [0.05, 0.1) is 28.3 Å². The summed E-state index contributed by atoms with van der Waals surface area (Å²) in [5.74, 6) is -2.14. The molecule has 0 saturated heterocycles. The molecule has 0 bridgehead atoms. The summed E-state index contributed by atoms with van der Waals surface area (Å²) >= 11 is 1.32. The lowest BCUT2D eigenvalue weighted by molar-refractivity contribution is -0.158. The first-order valence-corrected chi connectivity index (χ1v) is 12.5. The topological polar surface area (TPSA) is 76.0 Å². The Morgan fingerprint density at radius 2 is 1.66 bits per heavy atom. The van der Waals surface area contributed by atoms with E-state index in [0.29, 0.717) is 16.3 Å². The average molecular weight is 489 g/mol. The number of anilines is 1. The van der Waals surface area contributed by atoms with Crippen molar-refractivity contribution in [2.45, 2.75) is 39.7 Å². The van der Waals surface area contributed by atoms with E-state index < -0.39 is 23.4 Å². The first-order chi connectivity index (χ1) is 16.8. The Bertz CT molecular complexity index is 1220. The highest BCUT2D eigenvalue weighted by molar-refractivity contribution is 7.12. The number of hydrogen-bond donors (Lipinski definition) is 0. The summed E-state index contributed by atoms with van der Waals surface area (Å²) in [4.78, 5) is 41.6. The van der Waals surface area contributed by atoms with Gasteiger partial charge in [0.15, 0.2) is 5.78 Å². The fourth-order valence-electron chi connectivity index (χ4n) is 4.51. The minimum absolute atomic E-state index is 0.153. The smallest absolute Gasteiger partial charge is 0.311 e. The molecule has 0 fully saturated rings. The fourth-order valence-corrected chi connectivity index (χ4v) is 5.19. The number of para-hydroxylation sites is 1. The molecule has 0 N–H and O–H groups in total. The number of amides is 1. The number of benzene rings is 2. The molecule has 2 aromatic carbocycles. The van der Waals surface area contributed by atoms with Crippen LogP contribution in [-0.2, 0) is 20.7 Å². The normalized spacial score (nSPS) is 18.5. The summed E-state index contributed by atoms with van der Waals surface area (Å²) in [6.07, 6.45) is -0.323. The number of hydrazone groups is 1. The zero-order valence-corrected chi connectivity index (χ0v) is 20.8. The SMILES string of the molecule is CC1=NN(c2ccccc2)C(=O)[C@@]1(Cc1ccccc1)[C@@H](CC(=O)c1cccs1)C(=O)OC(C)C. The standard InChI is InChI=1S/C28H28N2O4S/c1-19(2)34-26(32)23(17-24(31)25-15-10-16-35-25)28(18-21-11-6-4-7-12-21)20(3)29-30(27(28)33)22-13-8-5-9-14-22/h4-16,19,23H,17-18H2,1-3H3/t23-,28+/m0/s1. The number of Topliss-reactive ketones (excluding diaryl/α,β-unsaturated/α-hetero) is 1. The summed E-state index contributed by atoms with van der Waals surface area (Å²) in [7, 11) is 0.